The number of nitrogens with zero attached hydrogens (tertiary/aromatic N) is 3. The highest BCUT2D eigenvalue weighted by atomic mass is 16.6. The van der Waals surface area contributed by atoms with Crippen LogP contribution in [0, 0.1) is 5.92 Å². The smallest absolute Gasteiger partial charge is 0.332 e. The molecule has 1 fully saturated rings. The number of ether oxygens (including phenoxy) is 2. The molecule has 150 valence electrons. The lowest BCUT2D eigenvalue weighted by Crippen LogP contribution is -2.36. The number of carbonyl (C=O) groups excluding carboxylic acids is 1. The summed E-state index contributed by atoms with van der Waals surface area (Å²) in [7, 11) is 0. The lowest BCUT2D eigenvalue weighted by Gasteiger charge is -2.31. The lowest BCUT2D eigenvalue weighted by molar-refractivity contribution is -0.148. The Balaban J connectivity index is 1.48. The Hall–Kier alpha value is -2.51. The Morgan fingerprint density at radius 1 is 1.21 bits per heavy atom. The molecule has 1 aromatic carbocycles. The van der Waals surface area contributed by atoms with Crippen LogP contribution in [0.25, 0.3) is 11.1 Å². The topological polar surface area (TPSA) is 84.8 Å². The third-order valence-corrected chi connectivity index (χ3v) is 4.86. The first kappa shape index (κ1) is 20.2. The maximum atomic E-state index is 11.3. The van der Waals surface area contributed by atoms with E-state index in [1.165, 1.54) is 0 Å². The Labute approximate surface area is 165 Å². The molecule has 2 heterocycles. The quantitative estimate of drug-likeness (QED) is 0.699. The van der Waals surface area contributed by atoms with E-state index in [9.17, 15) is 9.90 Å². The molecule has 7 heteroatoms. The van der Waals surface area contributed by atoms with E-state index < -0.39 is 0 Å². The van der Waals surface area contributed by atoms with Crippen LogP contribution < -0.4 is 4.90 Å². The number of carbonyl (C=O) groups is 1. The van der Waals surface area contributed by atoms with Gasteiger partial charge in [0.2, 0.25) is 5.95 Å². The zero-order valence-corrected chi connectivity index (χ0v) is 16.2. The molecule has 0 bridgehead atoms. The minimum absolute atomic E-state index is 0.0191. The molecule has 1 aliphatic rings. The second-order valence-electron chi connectivity index (χ2n) is 6.88. The molecule has 0 unspecified atom stereocenters. The van der Waals surface area contributed by atoms with Crippen LogP contribution in [0.4, 0.5) is 5.95 Å². The van der Waals surface area contributed by atoms with Crippen LogP contribution in [0.5, 0.6) is 0 Å². The summed E-state index contributed by atoms with van der Waals surface area (Å²) >= 11 is 0. The van der Waals surface area contributed by atoms with Crippen LogP contribution in [0.1, 0.15) is 25.3 Å². The Morgan fingerprint density at radius 2 is 1.96 bits per heavy atom. The minimum Gasteiger partial charge on any atom is -0.464 e. The number of hydrogen-bond donors (Lipinski definition) is 1. The average molecular weight is 385 g/mol. The van der Waals surface area contributed by atoms with E-state index in [0.717, 1.165) is 48.6 Å². The van der Waals surface area contributed by atoms with E-state index in [1.54, 1.807) is 6.92 Å². The minimum atomic E-state index is -0.307. The van der Waals surface area contributed by atoms with Gasteiger partial charge in [-0.3, -0.25) is 0 Å². The van der Waals surface area contributed by atoms with Crippen molar-refractivity contribution in [2.75, 3.05) is 37.8 Å². The highest BCUT2D eigenvalue weighted by Crippen LogP contribution is 2.23. The first-order valence-corrected chi connectivity index (χ1v) is 9.70. The summed E-state index contributed by atoms with van der Waals surface area (Å²) in [5.41, 5.74) is 2.80. The maximum absolute atomic E-state index is 11.3. The summed E-state index contributed by atoms with van der Waals surface area (Å²) in [5, 5.41) is 9.28. The number of rotatable bonds is 8. The molecule has 7 nitrogen and oxygen atoms in total. The van der Waals surface area contributed by atoms with E-state index in [2.05, 4.69) is 14.9 Å². The van der Waals surface area contributed by atoms with Crippen LogP contribution in [0.15, 0.2) is 36.7 Å². The summed E-state index contributed by atoms with van der Waals surface area (Å²) in [5.74, 6) is 0.858. The third-order valence-electron chi connectivity index (χ3n) is 4.86. The number of esters is 1. The van der Waals surface area contributed by atoms with Gasteiger partial charge >= 0.3 is 5.97 Å². The predicted molar refractivity (Wildman–Crippen MR) is 106 cm³/mol. The van der Waals surface area contributed by atoms with Gasteiger partial charge in [0.25, 0.3) is 0 Å². The average Bonchev–Trinajstić information content (AvgIpc) is 2.75. The normalized spacial score (nSPS) is 14.9. The molecule has 0 radical (unpaired) electrons. The summed E-state index contributed by atoms with van der Waals surface area (Å²) in [4.78, 5) is 22.5. The summed E-state index contributed by atoms with van der Waals surface area (Å²) < 4.78 is 10.3. The van der Waals surface area contributed by atoms with Crippen molar-refractivity contribution in [3.8, 4) is 11.1 Å². The number of aliphatic hydroxyl groups is 1. The van der Waals surface area contributed by atoms with Gasteiger partial charge < -0.3 is 19.5 Å². The highest BCUT2D eigenvalue weighted by Gasteiger charge is 2.21. The Kier molecular flexibility index (Phi) is 7.33. The van der Waals surface area contributed by atoms with E-state index >= 15 is 0 Å². The Morgan fingerprint density at radius 3 is 2.64 bits per heavy atom. The second-order valence-corrected chi connectivity index (χ2v) is 6.88. The van der Waals surface area contributed by atoms with Crippen molar-refractivity contribution >= 4 is 11.9 Å². The monoisotopic (exact) mass is 385 g/mol. The van der Waals surface area contributed by atoms with Crippen molar-refractivity contribution in [2.45, 2.75) is 26.4 Å². The van der Waals surface area contributed by atoms with Gasteiger partial charge in [-0.15, -0.1) is 0 Å². The van der Waals surface area contributed by atoms with Crippen LogP contribution in [0.2, 0.25) is 0 Å². The van der Waals surface area contributed by atoms with Gasteiger partial charge in [0.15, 0.2) is 0 Å². The molecular formula is C21H27N3O4. The fourth-order valence-electron chi connectivity index (χ4n) is 3.29. The first-order valence-electron chi connectivity index (χ1n) is 9.70. The number of piperidine rings is 1. The largest absolute Gasteiger partial charge is 0.464 e. The molecule has 0 atom stereocenters. The maximum Gasteiger partial charge on any atom is 0.332 e. The molecule has 1 saturated heterocycles. The molecule has 1 aliphatic heterocycles. The molecule has 0 amide bonds. The molecule has 0 saturated carbocycles. The van der Waals surface area contributed by atoms with Gasteiger partial charge in [-0.05, 0) is 42.9 Å². The van der Waals surface area contributed by atoms with Crippen molar-refractivity contribution < 1.29 is 19.4 Å². The zero-order valence-electron chi connectivity index (χ0n) is 16.2. The van der Waals surface area contributed by atoms with Crippen molar-refractivity contribution in [1.29, 1.82) is 0 Å². The summed E-state index contributed by atoms with van der Waals surface area (Å²) in [6.45, 7) is 4.52. The van der Waals surface area contributed by atoms with Crippen molar-refractivity contribution in [1.82, 2.24) is 9.97 Å². The SMILES string of the molecule is CCOC(=O)COCC1CCN(c2ncc(-c3cccc(CO)c3)cn2)CC1. The van der Waals surface area contributed by atoms with E-state index in [4.69, 9.17) is 9.47 Å². The molecule has 1 aromatic heterocycles. The van der Waals surface area contributed by atoms with Gasteiger partial charge in [-0.25, -0.2) is 14.8 Å². The molecule has 0 spiro atoms. The van der Waals surface area contributed by atoms with Crippen molar-refractivity contribution in [3.63, 3.8) is 0 Å². The molecule has 0 aliphatic carbocycles. The third kappa shape index (κ3) is 5.50. The fourth-order valence-corrected chi connectivity index (χ4v) is 3.29. The number of anilines is 1. The van der Waals surface area contributed by atoms with E-state index in [1.807, 2.05) is 36.7 Å². The van der Waals surface area contributed by atoms with Crippen LogP contribution in [-0.2, 0) is 20.9 Å². The van der Waals surface area contributed by atoms with Gasteiger partial charge in [0, 0.05) is 31.0 Å². The Bertz CT molecular complexity index is 759. The molecule has 2 aromatic rings. The van der Waals surface area contributed by atoms with Crippen LogP contribution in [0.3, 0.4) is 0 Å². The molecule has 28 heavy (non-hydrogen) atoms. The molecule has 1 N–H and O–H groups in total. The van der Waals surface area contributed by atoms with Gasteiger partial charge in [-0.2, -0.15) is 0 Å². The molecule has 3 rings (SSSR count). The van der Waals surface area contributed by atoms with E-state index in [-0.39, 0.29) is 19.2 Å². The predicted octanol–water partition coefficient (Wildman–Crippen LogP) is 2.43. The zero-order chi connectivity index (χ0) is 19.8. The standard InChI is InChI=1S/C21H27N3O4/c1-2-28-20(26)15-27-14-16-6-8-24(9-7-16)21-22-11-19(12-23-21)18-5-3-4-17(10-18)13-25/h3-5,10-12,16,25H,2,6-9,13-15H2,1H3. The van der Waals surface area contributed by atoms with E-state index in [0.29, 0.717) is 19.1 Å². The number of aliphatic hydroxyl groups excluding tert-OH is 1. The van der Waals surface area contributed by atoms with Crippen LogP contribution in [-0.4, -0.2) is 54.0 Å². The van der Waals surface area contributed by atoms with Gasteiger partial charge in [0.1, 0.15) is 6.61 Å². The first-order chi connectivity index (χ1) is 13.7. The lowest BCUT2D eigenvalue weighted by atomic mass is 9.98. The number of benzene rings is 1. The van der Waals surface area contributed by atoms with Gasteiger partial charge in [-0.1, -0.05) is 18.2 Å². The second kappa shape index (κ2) is 10.1. The fraction of sp³-hybridized carbons (Fsp3) is 0.476. The van der Waals surface area contributed by atoms with Crippen molar-refractivity contribution in [2.24, 2.45) is 5.92 Å². The molecular weight excluding hydrogens is 358 g/mol. The van der Waals surface area contributed by atoms with Gasteiger partial charge in [0.05, 0.1) is 19.8 Å². The number of hydrogen-bond acceptors (Lipinski definition) is 7. The number of aromatic nitrogens is 2. The summed E-state index contributed by atoms with van der Waals surface area (Å²) in [6, 6.07) is 7.74. The summed E-state index contributed by atoms with van der Waals surface area (Å²) in [6.07, 6.45) is 5.61. The van der Waals surface area contributed by atoms with Crippen LogP contribution >= 0.6 is 0 Å². The van der Waals surface area contributed by atoms with Crippen molar-refractivity contribution in [3.05, 3.63) is 42.2 Å². The highest BCUT2D eigenvalue weighted by molar-refractivity contribution is 5.70.